The Kier molecular flexibility index (Phi) is 9.78. The summed E-state index contributed by atoms with van der Waals surface area (Å²) in [4.78, 5) is 26.2. The number of carbonyl (C=O) groups excluding carboxylic acids is 1. The minimum Gasteiger partial charge on any atom is -0.481 e. The fourth-order valence-electron chi connectivity index (χ4n) is 2.35. The van der Waals surface area contributed by atoms with Gasteiger partial charge in [0, 0.05) is 26.2 Å². The van der Waals surface area contributed by atoms with Crippen molar-refractivity contribution in [2.45, 2.75) is 46.6 Å². The van der Waals surface area contributed by atoms with Crippen LogP contribution in [0.3, 0.4) is 0 Å². The van der Waals surface area contributed by atoms with Gasteiger partial charge in [0.05, 0.1) is 6.42 Å². The van der Waals surface area contributed by atoms with Crippen LogP contribution in [0.4, 0.5) is 4.79 Å². The van der Waals surface area contributed by atoms with Crippen LogP contribution in [0.15, 0.2) is 0 Å². The molecule has 0 bridgehead atoms. The number of hydrogen-bond acceptors (Lipinski definition) is 3. The van der Waals surface area contributed by atoms with E-state index >= 15 is 0 Å². The zero-order chi connectivity index (χ0) is 16.4. The predicted molar refractivity (Wildman–Crippen MR) is 84.4 cm³/mol. The van der Waals surface area contributed by atoms with Crippen molar-refractivity contribution in [3.63, 3.8) is 0 Å². The number of urea groups is 1. The van der Waals surface area contributed by atoms with Crippen LogP contribution in [0.25, 0.3) is 0 Å². The molecule has 0 aliphatic heterocycles. The van der Waals surface area contributed by atoms with Crippen molar-refractivity contribution in [1.82, 2.24) is 15.1 Å². The van der Waals surface area contributed by atoms with Gasteiger partial charge in [-0.1, -0.05) is 27.7 Å². The van der Waals surface area contributed by atoms with Crippen molar-refractivity contribution in [1.29, 1.82) is 0 Å². The maximum atomic E-state index is 11.9. The Morgan fingerprint density at radius 2 is 1.76 bits per heavy atom. The van der Waals surface area contributed by atoms with Gasteiger partial charge in [0.25, 0.3) is 0 Å². The monoisotopic (exact) mass is 301 g/mol. The smallest absolute Gasteiger partial charge is 0.317 e. The summed E-state index contributed by atoms with van der Waals surface area (Å²) in [6, 6.07) is 0.106. The lowest BCUT2D eigenvalue weighted by Gasteiger charge is -2.31. The summed E-state index contributed by atoms with van der Waals surface area (Å²) in [6.45, 7) is 11.3. The molecule has 0 aliphatic carbocycles. The molecule has 0 saturated carbocycles. The number of likely N-dealkylation sites (N-methyl/N-ethyl adjacent to an activating group) is 1. The Hall–Kier alpha value is -1.30. The van der Waals surface area contributed by atoms with Crippen LogP contribution in [-0.4, -0.2) is 66.2 Å². The van der Waals surface area contributed by atoms with Gasteiger partial charge in [0.1, 0.15) is 0 Å². The molecule has 0 fully saturated rings. The SMILES string of the molecule is CCN(CC)C(CNC(=O)N(C)CCC(=O)O)CC(C)C. The molecule has 2 N–H and O–H groups in total. The quantitative estimate of drug-likeness (QED) is 0.646. The Labute approximate surface area is 128 Å². The average Bonchev–Trinajstić information content (AvgIpc) is 2.42. The summed E-state index contributed by atoms with van der Waals surface area (Å²) in [5.74, 6) is -0.326. The first-order valence-electron chi connectivity index (χ1n) is 7.76. The molecular formula is C15H31N3O3. The largest absolute Gasteiger partial charge is 0.481 e. The lowest BCUT2D eigenvalue weighted by atomic mass is 10.0. The number of carboxylic acids is 1. The first-order chi connectivity index (χ1) is 9.81. The van der Waals surface area contributed by atoms with Crippen molar-refractivity contribution < 1.29 is 14.7 Å². The first kappa shape index (κ1) is 19.7. The second-order valence-corrected chi connectivity index (χ2v) is 5.76. The number of nitrogens with one attached hydrogen (secondary N) is 1. The number of carboxylic acid groups (broad SMARTS) is 1. The molecule has 6 heteroatoms. The third-order valence-electron chi connectivity index (χ3n) is 3.57. The number of aliphatic carboxylic acids is 1. The highest BCUT2D eigenvalue weighted by Gasteiger charge is 2.19. The Morgan fingerprint density at radius 3 is 2.19 bits per heavy atom. The second kappa shape index (κ2) is 10.4. The van der Waals surface area contributed by atoms with E-state index in [1.54, 1.807) is 7.05 Å². The Bertz CT molecular complexity index is 317. The van der Waals surface area contributed by atoms with Crippen molar-refractivity contribution in [3.05, 3.63) is 0 Å². The standard InChI is InChI=1S/C15H31N3O3/c1-6-18(7-2)13(10-12(3)4)11-16-15(21)17(5)9-8-14(19)20/h12-13H,6-11H2,1-5H3,(H,16,21)(H,19,20). The van der Waals surface area contributed by atoms with Crippen molar-refractivity contribution in [2.75, 3.05) is 33.2 Å². The highest BCUT2D eigenvalue weighted by Crippen LogP contribution is 2.11. The van der Waals surface area contributed by atoms with Gasteiger partial charge >= 0.3 is 12.0 Å². The summed E-state index contributed by atoms with van der Waals surface area (Å²) >= 11 is 0. The molecular weight excluding hydrogens is 270 g/mol. The van der Waals surface area contributed by atoms with Crippen LogP contribution in [0.1, 0.15) is 40.5 Å². The predicted octanol–water partition coefficient (Wildman–Crippen LogP) is 1.86. The number of nitrogens with zero attached hydrogens (tertiary/aromatic N) is 2. The highest BCUT2D eigenvalue weighted by molar-refractivity contribution is 5.75. The fraction of sp³-hybridized carbons (Fsp3) is 0.867. The lowest BCUT2D eigenvalue weighted by molar-refractivity contribution is -0.137. The van der Waals surface area contributed by atoms with Gasteiger partial charge in [0.15, 0.2) is 0 Å². The topological polar surface area (TPSA) is 72.9 Å². The third-order valence-corrected chi connectivity index (χ3v) is 3.57. The van der Waals surface area contributed by atoms with Gasteiger partial charge in [-0.05, 0) is 25.4 Å². The summed E-state index contributed by atoms with van der Waals surface area (Å²) in [7, 11) is 1.62. The molecule has 1 unspecified atom stereocenters. The van der Waals surface area contributed by atoms with Gasteiger partial charge in [-0.3, -0.25) is 9.69 Å². The van der Waals surface area contributed by atoms with E-state index in [2.05, 4.69) is 37.9 Å². The maximum Gasteiger partial charge on any atom is 0.317 e. The second-order valence-electron chi connectivity index (χ2n) is 5.76. The van der Waals surface area contributed by atoms with Gasteiger partial charge in [0.2, 0.25) is 0 Å². The number of hydrogen-bond donors (Lipinski definition) is 2. The minimum absolute atomic E-state index is 0.0324. The number of amides is 2. The van der Waals surface area contributed by atoms with Gasteiger partial charge in [-0.15, -0.1) is 0 Å². The molecule has 0 aromatic heterocycles. The van der Waals surface area contributed by atoms with Gasteiger partial charge in [-0.25, -0.2) is 4.79 Å². The van der Waals surface area contributed by atoms with E-state index in [9.17, 15) is 9.59 Å². The van der Waals surface area contributed by atoms with E-state index < -0.39 is 5.97 Å². The van der Waals surface area contributed by atoms with E-state index in [0.717, 1.165) is 19.5 Å². The molecule has 0 aromatic rings. The van der Waals surface area contributed by atoms with Crippen molar-refractivity contribution in [2.24, 2.45) is 5.92 Å². The number of rotatable bonds is 10. The van der Waals surface area contributed by atoms with Crippen LogP contribution >= 0.6 is 0 Å². The molecule has 0 aromatic carbocycles. The van der Waals surface area contributed by atoms with Crippen molar-refractivity contribution in [3.8, 4) is 0 Å². The van der Waals surface area contributed by atoms with E-state index in [1.807, 2.05) is 0 Å². The number of carbonyl (C=O) groups is 2. The Balaban J connectivity index is 4.38. The molecule has 0 heterocycles. The summed E-state index contributed by atoms with van der Waals surface area (Å²) < 4.78 is 0. The van der Waals surface area contributed by atoms with E-state index in [4.69, 9.17) is 5.11 Å². The van der Waals surface area contributed by atoms with Crippen molar-refractivity contribution >= 4 is 12.0 Å². The molecule has 6 nitrogen and oxygen atoms in total. The summed E-state index contributed by atoms with van der Waals surface area (Å²) in [6.07, 6.45) is 0.996. The molecule has 0 saturated heterocycles. The summed E-state index contributed by atoms with van der Waals surface area (Å²) in [5.41, 5.74) is 0. The molecule has 0 rings (SSSR count). The average molecular weight is 301 g/mol. The molecule has 124 valence electrons. The molecule has 2 amide bonds. The summed E-state index contributed by atoms with van der Waals surface area (Å²) in [5, 5.41) is 11.5. The molecule has 21 heavy (non-hydrogen) atoms. The normalized spacial score (nSPS) is 12.5. The van der Waals surface area contributed by atoms with Gasteiger partial charge in [-0.2, -0.15) is 0 Å². The Morgan fingerprint density at radius 1 is 1.19 bits per heavy atom. The zero-order valence-electron chi connectivity index (χ0n) is 14.1. The molecule has 0 aliphatic rings. The molecule has 1 atom stereocenters. The zero-order valence-corrected chi connectivity index (χ0v) is 14.1. The lowest BCUT2D eigenvalue weighted by Crippen LogP contribution is -2.47. The van der Waals surface area contributed by atoms with E-state index in [-0.39, 0.29) is 19.0 Å². The van der Waals surface area contributed by atoms with E-state index in [1.165, 1.54) is 4.90 Å². The fourth-order valence-corrected chi connectivity index (χ4v) is 2.35. The molecule has 0 radical (unpaired) electrons. The van der Waals surface area contributed by atoms with Crippen LogP contribution in [0, 0.1) is 5.92 Å². The maximum absolute atomic E-state index is 11.9. The van der Waals surface area contributed by atoms with Crippen LogP contribution in [-0.2, 0) is 4.79 Å². The minimum atomic E-state index is -0.893. The van der Waals surface area contributed by atoms with Gasteiger partial charge < -0.3 is 15.3 Å². The van der Waals surface area contributed by atoms with Crippen LogP contribution in [0.5, 0.6) is 0 Å². The third kappa shape index (κ3) is 8.55. The van der Waals surface area contributed by atoms with E-state index in [0.29, 0.717) is 18.5 Å². The van der Waals surface area contributed by atoms with Crippen LogP contribution < -0.4 is 5.32 Å². The van der Waals surface area contributed by atoms with Crippen LogP contribution in [0.2, 0.25) is 0 Å². The first-order valence-corrected chi connectivity index (χ1v) is 7.76. The molecule has 0 spiro atoms. The highest BCUT2D eigenvalue weighted by atomic mass is 16.4.